The van der Waals surface area contributed by atoms with Crippen LogP contribution in [0.15, 0.2) is 24.3 Å². The van der Waals surface area contributed by atoms with E-state index < -0.39 is 0 Å². The van der Waals surface area contributed by atoms with Gasteiger partial charge in [-0.05, 0) is 49.8 Å². The molecule has 3 fully saturated rings. The van der Waals surface area contributed by atoms with E-state index in [2.05, 4.69) is 15.5 Å². The number of nitrogens with one attached hydrogen (secondary N) is 2. The van der Waals surface area contributed by atoms with Crippen LogP contribution in [0.2, 0.25) is 5.02 Å². The number of fused-ring (bicyclic) bond motifs is 4. The SMILES string of the molecule is O=C(COc1ccccc1Cl)NC[C@H]1[C@@H]2CNC[C@@H](C2)[C@@H]2CCCC(=O)N21. The lowest BCUT2D eigenvalue weighted by Crippen LogP contribution is -2.66. The van der Waals surface area contributed by atoms with Gasteiger partial charge in [0, 0.05) is 25.6 Å². The Bertz CT molecular complexity index is 713. The fraction of sp³-hybridized carbons (Fsp3) is 0.600. The van der Waals surface area contributed by atoms with E-state index in [1.165, 1.54) is 0 Å². The van der Waals surface area contributed by atoms with Crippen LogP contribution in [0.5, 0.6) is 5.75 Å². The maximum atomic E-state index is 12.6. The smallest absolute Gasteiger partial charge is 0.258 e. The van der Waals surface area contributed by atoms with Gasteiger partial charge in [-0.15, -0.1) is 0 Å². The van der Waals surface area contributed by atoms with E-state index in [1.807, 2.05) is 12.1 Å². The third-order valence-corrected chi connectivity index (χ3v) is 6.42. The summed E-state index contributed by atoms with van der Waals surface area (Å²) in [4.78, 5) is 27.0. The van der Waals surface area contributed by atoms with Crippen LogP contribution in [-0.2, 0) is 9.59 Å². The minimum atomic E-state index is -0.193. The number of rotatable bonds is 5. The van der Waals surface area contributed by atoms with E-state index in [4.69, 9.17) is 16.3 Å². The molecule has 0 saturated carbocycles. The summed E-state index contributed by atoms with van der Waals surface area (Å²) in [7, 11) is 0. The third-order valence-electron chi connectivity index (χ3n) is 6.10. The maximum absolute atomic E-state index is 12.6. The summed E-state index contributed by atoms with van der Waals surface area (Å²) in [5.41, 5.74) is 0. The molecule has 0 aromatic heterocycles. The summed E-state index contributed by atoms with van der Waals surface area (Å²) in [6, 6.07) is 7.48. The second kappa shape index (κ2) is 8.07. The van der Waals surface area contributed by atoms with Gasteiger partial charge in [0.1, 0.15) is 5.75 Å². The molecule has 0 radical (unpaired) electrons. The standard InChI is InChI=1S/C20H26ClN3O3/c21-15-4-1-2-6-18(15)27-12-19(25)23-11-17-14-8-13(9-22-10-14)16-5-3-7-20(26)24(16)17/h1-2,4,6,13-14,16-17,22H,3,5,7-12H2,(H,23,25)/t13-,14+,16+,17+/m1/s1. The maximum Gasteiger partial charge on any atom is 0.258 e. The predicted octanol–water partition coefficient (Wildman–Crippen LogP) is 1.82. The average Bonchev–Trinajstić information content (AvgIpc) is 2.68. The van der Waals surface area contributed by atoms with Crippen molar-refractivity contribution in [2.75, 3.05) is 26.2 Å². The Balaban J connectivity index is 1.36. The Morgan fingerprint density at radius 1 is 1.30 bits per heavy atom. The van der Waals surface area contributed by atoms with Gasteiger partial charge in [-0.25, -0.2) is 0 Å². The molecule has 0 spiro atoms. The first-order valence-electron chi connectivity index (χ1n) is 9.79. The summed E-state index contributed by atoms with van der Waals surface area (Å²) >= 11 is 6.05. The Hall–Kier alpha value is -1.79. The van der Waals surface area contributed by atoms with Gasteiger partial charge in [0.25, 0.3) is 5.91 Å². The number of hydrogen-bond acceptors (Lipinski definition) is 4. The third kappa shape index (κ3) is 3.92. The molecular weight excluding hydrogens is 366 g/mol. The molecule has 0 aliphatic carbocycles. The van der Waals surface area contributed by atoms with Crippen molar-refractivity contribution in [1.82, 2.24) is 15.5 Å². The molecule has 1 aromatic rings. The topological polar surface area (TPSA) is 70.7 Å². The van der Waals surface area contributed by atoms with Crippen molar-refractivity contribution in [3.05, 3.63) is 29.3 Å². The van der Waals surface area contributed by atoms with Crippen LogP contribution in [0.1, 0.15) is 25.7 Å². The molecule has 3 aliphatic rings. The van der Waals surface area contributed by atoms with E-state index in [1.54, 1.807) is 12.1 Å². The van der Waals surface area contributed by atoms with E-state index in [0.29, 0.717) is 41.6 Å². The number of ether oxygens (including phenoxy) is 1. The molecule has 3 heterocycles. The van der Waals surface area contributed by atoms with Crippen LogP contribution in [0, 0.1) is 11.8 Å². The Kier molecular flexibility index (Phi) is 5.55. The minimum Gasteiger partial charge on any atom is -0.482 e. The van der Waals surface area contributed by atoms with Crippen molar-refractivity contribution in [3.8, 4) is 5.75 Å². The number of piperidine rings is 3. The number of carbonyl (C=O) groups excluding carboxylic acids is 2. The van der Waals surface area contributed by atoms with Crippen LogP contribution in [-0.4, -0.2) is 55.0 Å². The molecule has 3 aliphatic heterocycles. The highest BCUT2D eigenvalue weighted by Gasteiger charge is 2.47. The van der Waals surface area contributed by atoms with E-state index >= 15 is 0 Å². The van der Waals surface area contributed by atoms with Gasteiger partial charge in [-0.3, -0.25) is 9.59 Å². The normalized spacial score (nSPS) is 29.8. The fourth-order valence-electron chi connectivity index (χ4n) is 4.87. The highest BCUT2D eigenvalue weighted by Crippen LogP contribution is 2.39. The molecule has 2 amide bonds. The molecule has 27 heavy (non-hydrogen) atoms. The molecule has 7 heteroatoms. The van der Waals surface area contributed by atoms with Gasteiger partial charge in [0.2, 0.25) is 5.91 Å². The quantitative estimate of drug-likeness (QED) is 0.803. The number of nitrogens with zero attached hydrogens (tertiary/aromatic N) is 1. The molecule has 2 N–H and O–H groups in total. The summed E-state index contributed by atoms with van der Waals surface area (Å²) in [6.45, 7) is 2.30. The van der Waals surface area contributed by atoms with Crippen molar-refractivity contribution in [3.63, 3.8) is 0 Å². The van der Waals surface area contributed by atoms with Crippen molar-refractivity contribution < 1.29 is 14.3 Å². The van der Waals surface area contributed by atoms with Crippen molar-refractivity contribution in [2.45, 2.75) is 37.8 Å². The lowest BCUT2D eigenvalue weighted by molar-refractivity contribution is -0.149. The van der Waals surface area contributed by atoms with Crippen LogP contribution < -0.4 is 15.4 Å². The van der Waals surface area contributed by atoms with Gasteiger partial charge in [-0.2, -0.15) is 0 Å². The molecule has 2 bridgehead atoms. The number of carbonyl (C=O) groups is 2. The van der Waals surface area contributed by atoms with Gasteiger partial charge < -0.3 is 20.3 Å². The number of hydrogen-bond donors (Lipinski definition) is 2. The molecule has 4 rings (SSSR count). The van der Waals surface area contributed by atoms with E-state index in [-0.39, 0.29) is 24.5 Å². The van der Waals surface area contributed by atoms with Crippen molar-refractivity contribution in [1.29, 1.82) is 0 Å². The highest BCUT2D eigenvalue weighted by molar-refractivity contribution is 6.32. The molecule has 146 valence electrons. The van der Waals surface area contributed by atoms with Crippen molar-refractivity contribution in [2.24, 2.45) is 11.8 Å². The largest absolute Gasteiger partial charge is 0.482 e. The van der Waals surface area contributed by atoms with Crippen LogP contribution >= 0.6 is 11.6 Å². The number of benzene rings is 1. The lowest BCUT2D eigenvalue weighted by atomic mass is 9.72. The zero-order chi connectivity index (χ0) is 18.8. The van der Waals surface area contributed by atoms with Gasteiger partial charge >= 0.3 is 0 Å². The summed E-state index contributed by atoms with van der Waals surface area (Å²) < 4.78 is 5.51. The first-order chi connectivity index (χ1) is 13.1. The van der Waals surface area contributed by atoms with Crippen LogP contribution in [0.3, 0.4) is 0 Å². The fourth-order valence-corrected chi connectivity index (χ4v) is 5.06. The zero-order valence-corrected chi connectivity index (χ0v) is 16.1. The van der Waals surface area contributed by atoms with Gasteiger partial charge in [-0.1, -0.05) is 23.7 Å². The monoisotopic (exact) mass is 391 g/mol. The lowest BCUT2D eigenvalue weighted by Gasteiger charge is -2.54. The average molecular weight is 392 g/mol. The molecule has 0 unspecified atom stereocenters. The molecule has 3 saturated heterocycles. The van der Waals surface area contributed by atoms with Gasteiger partial charge in [0.15, 0.2) is 6.61 Å². The van der Waals surface area contributed by atoms with Crippen LogP contribution in [0.4, 0.5) is 0 Å². The number of halogens is 1. The molecule has 4 atom stereocenters. The molecular formula is C20H26ClN3O3. The first kappa shape index (κ1) is 18.6. The second-order valence-corrected chi connectivity index (χ2v) is 8.17. The van der Waals surface area contributed by atoms with Gasteiger partial charge in [0.05, 0.1) is 11.1 Å². The Morgan fingerprint density at radius 2 is 2.11 bits per heavy atom. The van der Waals surface area contributed by atoms with E-state index in [0.717, 1.165) is 32.4 Å². The molecule has 1 aromatic carbocycles. The number of para-hydroxylation sites is 1. The predicted molar refractivity (Wildman–Crippen MR) is 103 cm³/mol. The summed E-state index contributed by atoms with van der Waals surface area (Å²) in [6.07, 6.45) is 3.82. The van der Waals surface area contributed by atoms with E-state index in [9.17, 15) is 9.59 Å². The summed E-state index contributed by atoms with van der Waals surface area (Å²) in [5.74, 6) is 1.49. The highest BCUT2D eigenvalue weighted by atomic mass is 35.5. The zero-order valence-electron chi connectivity index (χ0n) is 15.3. The molecule has 6 nitrogen and oxygen atoms in total. The Morgan fingerprint density at radius 3 is 2.96 bits per heavy atom. The first-order valence-corrected chi connectivity index (χ1v) is 10.2. The van der Waals surface area contributed by atoms with Crippen LogP contribution in [0.25, 0.3) is 0 Å². The minimum absolute atomic E-state index is 0.0658. The number of amides is 2. The van der Waals surface area contributed by atoms with Crippen molar-refractivity contribution >= 4 is 23.4 Å². The second-order valence-electron chi connectivity index (χ2n) is 7.77. The summed E-state index contributed by atoms with van der Waals surface area (Å²) in [5, 5.41) is 6.97. The Labute approximate surface area is 164 Å².